The summed E-state index contributed by atoms with van der Waals surface area (Å²) in [7, 11) is 0. The van der Waals surface area contributed by atoms with E-state index in [0.29, 0.717) is 5.82 Å². The first kappa shape index (κ1) is 21.6. The lowest BCUT2D eigenvalue weighted by molar-refractivity contribution is 0.251. The third-order valence-corrected chi connectivity index (χ3v) is 5.88. The number of para-hydroxylation sites is 1. The molecule has 0 spiro atoms. The fourth-order valence-corrected chi connectivity index (χ4v) is 4.18. The number of amides is 2. The van der Waals surface area contributed by atoms with Crippen LogP contribution in [0.15, 0.2) is 84.0 Å². The molecule has 1 heterocycles. The van der Waals surface area contributed by atoms with Crippen molar-refractivity contribution in [2.75, 3.05) is 5.32 Å². The van der Waals surface area contributed by atoms with Crippen LogP contribution in [0.3, 0.4) is 0 Å². The van der Waals surface area contributed by atoms with Crippen LogP contribution in [0.25, 0.3) is 5.69 Å². The average Bonchev–Trinajstić information content (AvgIpc) is 3.20. The minimum Gasteiger partial charge on any atom is -0.331 e. The van der Waals surface area contributed by atoms with Crippen molar-refractivity contribution >= 4 is 23.5 Å². The van der Waals surface area contributed by atoms with Gasteiger partial charge in [0.25, 0.3) is 0 Å². The molecule has 162 valence electrons. The number of hydrogen-bond donors (Lipinski definition) is 2. The Labute approximate surface area is 192 Å². The first-order chi connectivity index (χ1) is 15.6. The number of aromatic nitrogens is 3. The summed E-state index contributed by atoms with van der Waals surface area (Å²) in [5.74, 6) is 1.46. The van der Waals surface area contributed by atoms with Crippen molar-refractivity contribution in [1.29, 1.82) is 0 Å². The normalized spacial score (nSPS) is 10.7. The lowest BCUT2D eigenvalue weighted by Crippen LogP contribution is -2.29. The number of thioether (sulfide) groups is 1. The molecule has 0 aliphatic heterocycles. The van der Waals surface area contributed by atoms with Crippen molar-refractivity contribution in [2.45, 2.75) is 31.3 Å². The van der Waals surface area contributed by atoms with E-state index in [2.05, 4.69) is 71.1 Å². The van der Waals surface area contributed by atoms with Gasteiger partial charge in [0.15, 0.2) is 11.0 Å². The molecule has 0 unspecified atom stereocenters. The topological polar surface area (TPSA) is 71.8 Å². The molecule has 4 rings (SSSR count). The molecule has 32 heavy (non-hydrogen) atoms. The minimum atomic E-state index is -0.288. The molecular weight excluding hydrogens is 418 g/mol. The molecule has 7 heteroatoms. The summed E-state index contributed by atoms with van der Waals surface area (Å²) in [5, 5.41) is 15.3. The maximum Gasteiger partial charge on any atom is 0.319 e. The number of nitrogens with one attached hydrogen (secondary N) is 2. The molecule has 3 aromatic carbocycles. The second kappa shape index (κ2) is 10.2. The van der Waals surface area contributed by atoms with Crippen LogP contribution in [-0.2, 0) is 12.3 Å². The summed E-state index contributed by atoms with van der Waals surface area (Å²) in [4.78, 5) is 12.3. The highest BCUT2D eigenvalue weighted by Gasteiger charge is 2.15. The quantitative estimate of drug-likeness (QED) is 0.370. The summed E-state index contributed by atoms with van der Waals surface area (Å²) in [6.07, 6.45) is 0. The van der Waals surface area contributed by atoms with Crippen LogP contribution in [0.2, 0.25) is 0 Å². The molecule has 0 bridgehead atoms. The zero-order valence-corrected chi connectivity index (χ0v) is 18.9. The molecule has 0 saturated carbocycles. The van der Waals surface area contributed by atoms with Crippen LogP contribution < -0.4 is 10.6 Å². The predicted molar refractivity (Wildman–Crippen MR) is 129 cm³/mol. The Morgan fingerprint density at radius 2 is 1.69 bits per heavy atom. The molecule has 0 fully saturated rings. The van der Waals surface area contributed by atoms with Crippen molar-refractivity contribution in [3.8, 4) is 5.69 Å². The summed E-state index contributed by atoms with van der Waals surface area (Å²) in [6, 6.07) is 25.7. The monoisotopic (exact) mass is 443 g/mol. The number of hydrogen-bond acceptors (Lipinski definition) is 4. The van der Waals surface area contributed by atoms with Gasteiger partial charge in [-0.2, -0.15) is 0 Å². The van der Waals surface area contributed by atoms with Crippen LogP contribution in [0.1, 0.15) is 22.5 Å². The van der Waals surface area contributed by atoms with Crippen molar-refractivity contribution in [1.82, 2.24) is 20.1 Å². The number of carbonyl (C=O) groups excluding carboxylic acids is 1. The zero-order chi connectivity index (χ0) is 22.3. The predicted octanol–water partition coefficient (Wildman–Crippen LogP) is 5.50. The summed E-state index contributed by atoms with van der Waals surface area (Å²) in [5.41, 5.74) is 5.34. The van der Waals surface area contributed by atoms with Gasteiger partial charge in [0, 0.05) is 17.1 Å². The largest absolute Gasteiger partial charge is 0.331 e. The maximum absolute atomic E-state index is 12.3. The van der Waals surface area contributed by atoms with Crippen LogP contribution >= 0.6 is 11.8 Å². The fraction of sp³-hybridized carbons (Fsp3) is 0.160. The third kappa shape index (κ3) is 5.56. The number of nitrogens with zero attached hydrogens (tertiary/aromatic N) is 3. The van der Waals surface area contributed by atoms with Crippen molar-refractivity contribution < 1.29 is 4.79 Å². The highest BCUT2D eigenvalue weighted by molar-refractivity contribution is 7.98. The number of benzene rings is 3. The van der Waals surface area contributed by atoms with Crippen LogP contribution in [0.5, 0.6) is 0 Å². The smallest absolute Gasteiger partial charge is 0.319 e. The van der Waals surface area contributed by atoms with Gasteiger partial charge in [0.2, 0.25) is 0 Å². The van der Waals surface area contributed by atoms with E-state index in [1.165, 1.54) is 16.7 Å². The van der Waals surface area contributed by atoms with Crippen LogP contribution in [-0.4, -0.2) is 20.8 Å². The van der Waals surface area contributed by atoms with Gasteiger partial charge in [-0.15, -0.1) is 10.2 Å². The van der Waals surface area contributed by atoms with Gasteiger partial charge < -0.3 is 10.6 Å². The van der Waals surface area contributed by atoms with Gasteiger partial charge >= 0.3 is 6.03 Å². The van der Waals surface area contributed by atoms with Gasteiger partial charge in [-0.25, -0.2) is 4.79 Å². The molecule has 1 aromatic heterocycles. The first-order valence-electron chi connectivity index (χ1n) is 10.4. The van der Waals surface area contributed by atoms with E-state index in [1.54, 1.807) is 11.8 Å². The highest BCUT2D eigenvalue weighted by Crippen LogP contribution is 2.26. The Morgan fingerprint density at radius 1 is 0.906 bits per heavy atom. The van der Waals surface area contributed by atoms with E-state index in [1.807, 2.05) is 47.0 Å². The Balaban J connectivity index is 1.52. The summed E-state index contributed by atoms with van der Waals surface area (Å²) in [6.45, 7) is 4.40. The van der Waals surface area contributed by atoms with Gasteiger partial charge in [-0.3, -0.25) is 4.57 Å². The summed E-state index contributed by atoms with van der Waals surface area (Å²) >= 11 is 1.63. The molecular formula is C25H25N5OS. The number of anilines is 1. The first-order valence-corrected chi connectivity index (χ1v) is 11.4. The highest BCUT2D eigenvalue weighted by atomic mass is 32.2. The lowest BCUT2D eigenvalue weighted by Gasteiger charge is -2.12. The third-order valence-electron chi connectivity index (χ3n) is 4.88. The second-order valence-electron chi connectivity index (χ2n) is 7.52. The molecule has 0 radical (unpaired) electrons. The lowest BCUT2D eigenvalue weighted by atomic mass is 10.2. The summed E-state index contributed by atoms with van der Waals surface area (Å²) < 4.78 is 2.00. The molecule has 6 nitrogen and oxygen atoms in total. The van der Waals surface area contributed by atoms with Gasteiger partial charge in [-0.05, 0) is 43.7 Å². The van der Waals surface area contributed by atoms with E-state index < -0.39 is 0 Å². The Hall–Kier alpha value is -3.58. The SMILES string of the molecule is Cc1ccc(-n2c(CNC(=O)Nc3ccccc3)nnc2SCc2cccc(C)c2)cc1. The Morgan fingerprint density at radius 3 is 2.44 bits per heavy atom. The molecule has 2 N–H and O–H groups in total. The van der Waals surface area contributed by atoms with Crippen molar-refractivity contribution in [3.63, 3.8) is 0 Å². The minimum absolute atomic E-state index is 0.255. The van der Waals surface area contributed by atoms with Gasteiger partial charge in [0.05, 0.1) is 6.54 Å². The van der Waals surface area contributed by atoms with E-state index in [4.69, 9.17) is 0 Å². The number of aryl methyl sites for hydroxylation is 2. The Kier molecular flexibility index (Phi) is 6.87. The van der Waals surface area contributed by atoms with Crippen LogP contribution in [0, 0.1) is 13.8 Å². The molecule has 0 atom stereocenters. The number of rotatable bonds is 7. The fourth-order valence-electron chi connectivity index (χ4n) is 3.27. The molecule has 0 aliphatic carbocycles. The van der Waals surface area contributed by atoms with Crippen molar-refractivity contribution in [2.24, 2.45) is 0 Å². The van der Waals surface area contributed by atoms with E-state index in [-0.39, 0.29) is 12.6 Å². The molecule has 4 aromatic rings. The molecule has 0 aliphatic rings. The second-order valence-corrected chi connectivity index (χ2v) is 8.46. The molecule has 2 amide bonds. The van der Waals surface area contributed by atoms with Gasteiger partial charge in [0.1, 0.15) is 0 Å². The molecule has 0 saturated heterocycles. The number of carbonyl (C=O) groups is 1. The standard InChI is InChI=1S/C25H25N5OS/c1-18-11-13-22(14-12-18)30-23(16-26-24(31)27-21-9-4-3-5-10-21)28-29-25(30)32-17-20-8-6-7-19(2)15-20/h3-15H,16-17H2,1-2H3,(H2,26,27,31). The average molecular weight is 444 g/mol. The maximum atomic E-state index is 12.3. The van der Waals surface area contributed by atoms with Gasteiger partial charge in [-0.1, -0.05) is 77.5 Å². The van der Waals surface area contributed by atoms with E-state index >= 15 is 0 Å². The zero-order valence-electron chi connectivity index (χ0n) is 18.1. The van der Waals surface area contributed by atoms with Crippen molar-refractivity contribution in [3.05, 3.63) is 101 Å². The Bertz CT molecular complexity index is 1190. The van der Waals surface area contributed by atoms with Crippen LogP contribution in [0.4, 0.5) is 10.5 Å². The van der Waals surface area contributed by atoms with E-state index in [0.717, 1.165) is 22.3 Å². The number of urea groups is 1. The van der Waals surface area contributed by atoms with E-state index in [9.17, 15) is 4.79 Å².